The lowest BCUT2D eigenvalue weighted by atomic mass is 10.0. The number of benzene rings is 1. The van der Waals surface area contributed by atoms with Crippen LogP contribution in [0.25, 0.3) is 0 Å². The van der Waals surface area contributed by atoms with Gasteiger partial charge in [0.05, 0.1) is 10.6 Å². The van der Waals surface area contributed by atoms with E-state index in [0.717, 1.165) is 29.1 Å². The van der Waals surface area contributed by atoms with Crippen molar-refractivity contribution in [2.75, 3.05) is 7.05 Å². The highest BCUT2D eigenvalue weighted by Gasteiger charge is 2.29. The van der Waals surface area contributed by atoms with Crippen LogP contribution >= 0.6 is 11.3 Å². The molecular formula is C14H15F3N2S. The zero-order valence-corrected chi connectivity index (χ0v) is 11.8. The molecule has 0 amide bonds. The quantitative estimate of drug-likeness (QED) is 0.913. The summed E-state index contributed by atoms with van der Waals surface area (Å²) >= 11 is 1.58. The molecule has 0 fully saturated rings. The van der Waals surface area contributed by atoms with Crippen molar-refractivity contribution in [3.63, 3.8) is 0 Å². The van der Waals surface area contributed by atoms with Crippen LogP contribution < -0.4 is 5.32 Å². The first-order valence-corrected chi connectivity index (χ1v) is 7.09. The van der Waals surface area contributed by atoms with Crippen molar-refractivity contribution in [3.8, 4) is 0 Å². The molecule has 0 saturated carbocycles. The molecule has 108 valence electrons. The van der Waals surface area contributed by atoms with Crippen LogP contribution in [0.1, 0.15) is 16.1 Å². The number of nitrogens with one attached hydrogen (secondary N) is 1. The van der Waals surface area contributed by atoms with Crippen LogP contribution in [0.15, 0.2) is 35.8 Å². The van der Waals surface area contributed by atoms with Gasteiger partial charge < -0.3 is 5.32 Å². The van der Waals surface area contributed by atoms with E-state index in [9.17, 15) is 13.2 Å². The molecule has 1 atom stereocenters. The number of aromatic nitrogens is 1. The third kappa shape index (κ3) is 4.05. The summed E-state index contributed by atoms with van der Waals surface area (Å²) in [6.07, 6.45) is -1.07. The fraction of sp³-hybridized carbons (Fsp3) is 0.357. The van der Waals surface area contributed by atoms with Crippen molar-refractivity contribution in [3.05, 3.63) is 52.0 Å². The van der Waals surface area contributed by atoms with Gasteiger partial charge in [0.1, 0.15) is 0 Å². The van der Waals surface area contributed by atoms with E-state index in [1.165, 1.54) is 12.1 Å². The van der Waals surface area contributed by atoms with Gasteiger partial charge in [0, 0.05) is 24.0 Å². The molecule has 1 N–H and O–H groups in total. The Hall–Kier alpha value is -1.40. The lowest BCUT2D eigenvalue weighted by molar-refractivity contribution is -0.137. The third-order valence-corrected chi connectivity index (χ3v) is 3.88. The van der Waals surface area contributed by atoms with Gasteiger partial charge in [0.15, 0.2) is 0 Å². The Balaban J connectivity index is 2.01. The van der Waals surface area contributed by atoms with E-state index >= 15 is 0 Å². The summed E-state index contributed by atoms with van der Waals surface area (Å²) in [5.41, 5.74) is 0.274. The standard InChI is InChI=1S/C14H15F3N2S/c1-18-12(9-13-19-6-7-20-13)8-10-2-4-11(5-3-10)14(15,16)17/h2-7,12,18H,8-9H2,1H3. The molecule has 2 rings (SSSR count). The summed E-state index contributed by atoms with van der Waals surface area (Å²) in [5, 5.41) is 6.12. The number of hydrogen-bond acceptors (Lipinski definition) is 3. The first kappa shape index (κ1) is 15.0. The van der Waals surface area contributed by atoms with Crippen LogP contribution in [0.3, 0.4) is 0 Å². The van der Waals surface area contributed by atoms with E-state index in [0.29, 0.717) is 6.42 Å². The van der Waals surface area contributed by atoms with Gasteiger partial charge >= 0.3 is 6.18 Å². The van der Waals surface area contributed by atoms with E-state index in [1.807, 2.05) is 12.4 Å². The summed E-state index contributed by atoms with van der Waals surface area (Å²) in [5.74, 6) is 0. The highest BCUT2D eigenvalue weighted by molar-refractivity contribution is 7.09. The van der Waals surface area contributed by atoms with Gasteiger partial charge in [-0.2, -0.15) is 13.2 Å². The maximum absolute atomic E-state index is 12.5. The number of alkyl halides is 3. The molecule has 6 heteroatoms. The highest BCUT2D eigenvalue weighted by Crippen LogP contribution is 2.29. The predicted molar refractivity (Wildman–Crippen MR) is 73.8 cm³/mol. The van der Waals surface area contributed by atoms with Crippen molar-refractivity contribution in [1.29, 1.82) is 0 Å². The maximum atomic E-state index is 12.5. The van der Waals surface area contributed by atoms with Crippen LogP contribution in [-0.4, -0.2) is 18.1 Å². The van der Waals surface area contributed by atoms with E-state index in [4.69, 9.17) is 0 Å². The molecule has 2 nitrogen and oxygen atoms in total. The predicted octanol–water partition coefficient (Wildman–Crippen LogP) is 3.54. The number of thiazole rings is 1. The van der Waals surface area contributed by atoms with Crippen molar-refractivity contribution in [2.24, 2.45) is 0 Å². The topological polar surface area (TPSA) is 24.9 Å². The van der Waals surface area contributed by atoms with Crippen LogP contribution in [0.2, 0.25) is 0 Å². The van der Waals surface area contributed by atoms with Crippen LogP contribution in [-0.2, 0) is 19.0 Å². The normalized spacial score (nSPS) is 13.4. The first-order chi connectivity index (χ1) is 9.49. The molecule has 0 aliphatic rings. The van der Waals surface area contributed by atoms with Crippen molar-refractivity contribution in [2.45, 2.75) is 25.1 Å². The van der Waals surface area contributed by atoms with Gasteiger partial charge in [-0.3, -0.25) is 0 Å². The van der Waals surface area contributed by atoms with Gasteiger partial charge in [-0.25, -0.2) is 4.98 Å². The molecule has 1 aromatic heterocycles. The SMILES string of the molecule is CNC(Cc1ccc(C(F)(F)F)cc1)Cc1nccs1. The van der Waals surface area contributed by atoms with E-state index < -0.39 is 11.7 Å². The average Bonchev–Trinajstić information content (AvgIpc) is 2.90. The summed E-state index contributed by atoms with van der Waals surface area (Å²) in [6, 6.07) is 5.50. The number of hydrogen-bond donors (Lipinski definition) is 1. The molecule has 1 aromatic carbocycles. The first-order valence-electron chi connectivity index (χ1n) is 6.21. The van der Waals surface area contributed by atoms with E-state index in [1.54, 1.807) is 17.5 Å². The Morgan fingerprint density at radius 1 is 1.20 bits per heavy atom. The van der Waals surface area contributed by atoms with Gasteiger partial charge in [0.2, 0.25) is 0 Å². The molecule has 2 aromatic rings. The molecule has 0 aliphatic heterocycles. The number of likely N-dealkylation sites (N-methyl/N-ethyl adjacent to an activating group) is 1. The Morgan fingerprint density at radius 2 is 1.90 bits per heavy atom. The maximum Gasteiger partial charge on any atom is 0.416 e. The molecule has 0 spiro atoms. The minimum atomic E-state index is -4.28. The molecule has 0 bridgehead atoms. The summed E-state index contributed by atoms with van der Waals surface area (Å²) in [4.78, 5) is 4.22. The smallest absolute Gasteiger partial charge is 0.316 e. The number of nitrogens with zero attached hydrogens (tertiary/aromatic N) is 1. The number of rotatable bonds is 5. The van der Waals surface area contributed by atoms with Gasteiger partial charge in [-0.05, 0) is 31.2 Å². The zero-order valence-electron chi connectivity index (χ0n) is 10.9. The summed E-state index contributed by atoms with van der Waals surface area (Å²) < 4.78 is 37.4. The lowest BCUT2D eigenvalue weighted by Gasteiger charge is -2.15. The fourth-order valence-electron chi connectivity index (χ4n) is 1.96. The minimum absolute atomic E-state index is 0.165. The molecule has 0 radical (unpaired) electrons. The second-order valence-electron chi connectivity index (χ2n) is 4.51. The summed E-state index contributed by atoms with van der Waals surface area (Å²) in [6.45, 7) is 0. The van der Waals surface area contributed by atoms with E-state index in [2.05, 4.69) is 10.3 Å². The summed E-state index contributed by atoms with van der Waals surface area (Å²) in [7, 11) is 1.85. The molecule has 1 unspecified atom stereocenters. The average molecular weight is 300 g/mol. The Labute approximate surface area is 119 Å². The molecular weight excluding hydrogens is 285 g/mol. The van der Waals surface area contributed by atoms with Crippen molar-refractivity contribution in [1.82, 2.24) is 10.3 Å². The second kappa shape index (κ2) is 6.37. The molecule has 20 heavy (non-hydrogen) atoms. The van der Waals surface area contributed by atoms with Crippen molar-refractivity contribution >= 4 is 11.3 Å². The lowest BCUT2D eigenvalue weighted by Crippen LogP contribution is -2.29. The third-order valence-electron chi connectivity index (χ3n) is 3.08. The van der Waals surface area contributed by atoms with Crippen molar-refractivity contribution < 1.29 is 13.2 Å². The molecule has 0 saturated heterocycles. The van der Waals surface area contributed by atoms with Crippen LogP contribution in [0, 0.1) is 0 Å². The minimum Gasteiger partial charge on any atom is -0.316 e. The Morgan fingerprint density at radius 3 is 2.40 bits per heavy atom. The fourth-order valence-corrected chi connectivity index (χ4v) is 2.65. The second-order valence-corrected chi connectivity index (χ2v) is 5.49. The highest BCUT2D eigenvalue weighted by atomic mass is 32.1. The Kier molecular flexibility index (Phi) is 4.77. The monoisotopic (exact) mass is 300 g/mol. The van der Waals surface area contributed by atoms with Crippen LogP contribution in [0.4, 0.5) is 13.2 Å². The van der Waals surface area contributed by atoms with Gasteiger partial charge in [-0.1, -0.05) is 12.1 Å². The molecule has 0 aliphatic carbocycles. The largest absolute Gasteiger partial charge is 0.416 e. The zero-order chi connectivity index (χ0) is 14.6. The number of halogens is 3. The Bertz CT molecular complexity index is 520. The van der Waals surface area contributed by atoms with Gasteiger partial charge in [-0.15, -0.1) is 11.3 Å². The van der Waals surface area contributed by atoms with E-state index in [-0.39, 0.29) is 6.04 Å². The van der Waals surface area contributed by atoms with Gasteiger partial charge in [0.25, 0.3) is 0 Å². The molecule has 1 heterocycles. The van der Waals surface area contributed by atoms with Crippen LogP contribution in [0.5, 0.6) is 0 Å².